The molecule has 2 unspecified atom stereocenters. The molecule has 1 aromatic heterocycles. The molecule has 3 aromatic rings. The zero-order valence-corrected chi connectivity index (χ0v) is 22.0. The third kappa shape index (κ3) is 6.61. The first-order valence-corrected chi connectivity index (χ1v) is 14.3. The van der Waals surface area contributed by atoms with Crippen molar-refractivity contribution in [3.8, 4) is 0 Å². The van der Waals surface area contributed by atoms with E-state index in [2.05, 4.69) is 15.0 Å². The van der Waals surface area contributed by atoms with Gasteiger partial charge in [-0.3, -0.25) is 15.0 Å². The molecule has 1 aliphatic heterocycles. The highest BCUT2D eigenvalue weighted by atomic mass is 32.2. The van der Waals surface area contributed by atoms with Gasteiger partial charge in [0.25, 0.3) is 10.2 Å². The molecule has 0 radical (unpaired) electrons. The number of carbonyl (C=O) groups excluding carboxylic acids is 2. The van der Waals surface area contributed by atoms with Crippen LogP contribution in [0.2, 0.25) is 0 Å². The predicted octanol–water partition coefficient (Wildman–Crippen LogP) is 1.03. The van der Waals surface area contributed by atoms with Crippen LogP contribution in [0.15, 0.2) is 66.0 Å². The third-order valence-electron chi connectivity index (χ3n) is 6.29. The summed E-state index contributed by atoms with van der Waals surface area (Å²) in [5, 5.41) is 17.8. The van der Waals surface area contributed by atoms with Gasteiger partial charge in [0.15, 0.2) is 0 Å². The van der Waals surface area contributed by atoms with Crippen LogP contribution in [-0.2, 0) is 26.3 Å². The number of carbonyl (C=O) groups is 2. The van der Waals surface area contributed by atoms with Gasteiger partial charge in [-0.2, -0.15) is 13.1 Å². The van der Waals surface area contributed by atoms with Gasteiger partial charge < -0.3 is 16.0 Å². The van der Waals surface area contributed by atoms with Crippen LogP contribution in [0.3, 0.4) is 0 Å². The van der Waals surface area contributed by atoms with E-state index in [-0.39, 0.29) is 18.3 Å². The Kier molecular flexibility index (Phi) is 8.52. The maximum atomic E-state index is 14.0. The number of rotatable bonds is 10. The van der Waals surface area contributed by atoms with Crippen molar-refractivity contribution in [3.05, 3.63) is 87.9 Å². The summed E-state index contributed by atoms with van der Waals surface area (Å²) in [6, 6.07) is 16.1. The van der Waals surface area contributed by atoms with Crippen molar-refractivity contribution in [1.29, 1.82) is 5.41 Å². The van der Waals surface area contributed by atoms with E-state index in [1.165, 1.54) is 16.2 Å². The van der Waals surface area contributed by atoms with Crippen LogP contribution in [0.1, 0.15) is 40.6 Å². The first-order chi connectivity index (χ1) is 18.1. The van der Waals surface area contributed by atoms with E-state index in [1.807, 2.05) is 60.7 Å². The zero-order chi connectivity index (χ0) is 27.3. The number of hydrogen-bond donors (Lipinski definition) is 5. The molecule has 0 aliphatic carbocycles. The number of aromatic nitrogens is 1. The lowest BCUT2D eigenvalue weighted by molar-refractivity contribution is -0.140. The summed E-state index contributed by atoms with van der Waals surface area (Å²) < 4.78 is 26.8. The summed E-state index contributed by atoms with van der Waals surface area (Å²) in [4.78, 5) is 32.7. The van der Waals surface area contributed by atoms with Crippen molar-refractivity contribution in [3.63, 3.8) is 0 Å². The zero-order valence-electron chi connectivity index (χ0n) is 20.4. The molecule has 13 heteroatoms. The van der Waals surface area contributed by atoms with E-state index < -0.39 is 34.1 Å². The minimum absolute atomic E-state index is 0.116. The van der Waals surface area contributed by atoms with Gasteiger partial charge in [-0.25, -0.2) is 10.1 Å². The highest BCUT2D eigenvalue weighted by Crippen LogP contribution is 2.31. The second-order valence-corrected chi connectivity index (χ2v) is 11.2. The van der Waals surface area contributed by atoms with Crippen molar-refractivity contribution < 1.29 is 18.0 Å². The van der Waals surface area contributed by atoms with Gasteiger partial charge in [-0.1, -0.05) is 60.7 Å². The van der Waals surface area contributed by atoms with Crippen LogP contribution in [0.5, 0.6) is 0 Å². The van der Waals surface area contributed by atoms with E-state index in [0.717, 1.165) is 11.1 Å². The van der Waals surface area contributed by atoms with Crippen molar-refractivity contribution in [1.82, 2.24) is 19.9 Å². The average molecular weight is 556 g/mol. The van der Waals surface area contributed by atoms with Crippen LogP contribution in [0.25, 0.3) is 0 Å². The number of nitrogens with one attached hydrogen (secondary N) is 3. The lowest BCUT2D eigenvalue weighted by atomic mass is 9.84. The molecule has 2 atom stereocenters. The number of amidine groups is 1. The molecule has 2 amide bonds. The Labute approximate surface area is 224 Å². The summed E-state index contributed by atoms with van der Waals surface area (Å²) in [7, 11) is -4.28. The van der Waals surface area contributed by atoms with Crippen molar-refractivity contribution in [2.75, 3.05) is 6.54 Å². The summed E-state index contributed by atoms with van der Waals surface area (Å²) in [6.45, 7) is 0.409. The highest BCUT2D eigenvalue weighted by Gasteiger charge is 2.42. The third-order valence-corrected chi connectivity index (χ3v) is 7.72. The second-order valence-electron chi connectivity index (χ2n) is 8.89. The topological polar surface area (TPSA) is 184 Å². The summed E-state index contributed by atoms with van der Waals surface area (Å²) in [5.74, 6) is -1.76. The summed E-state index contributed by atoms with van der Waals surface area (Å²) >= 11 is 1.26. The smallest absolute Gasteiger partial charge is 0.275 e. The van der Waals surface area contributed by atoms with Gasteiger partial charge in [0.05, 0.1) is 6.54 Å². The Morgan fingerprint density at radius 3 is 2.24 bits per heavy atom. The molecule has 2 aromatic carbocycles. The Balaban J connectivity index is 1.61. The Morgan fingerprint density at radius 1 is 1.11 bits per heavy atom. The molecule has 7 N–H and O–H groups in total. The average Bonchev–Trinajstić information content (AvgIpc) is 3.57. The van der Waals surface area contributed by atoms with Crippen LogP contribution in [0, 0.1) is 5.41 Å². The molecule has 0 bridgehead atoms. The number of amides is 2. The van der Waals surface area contributed by atoms with E-state index in [1.54, 1.807) is 5.38 Å². The molecule has 200 valence electrons. The molecular weight excluding hydrogens is 526 g/mol. The number of nitrogens with zero attached hydrogens (tertiary/aromatic N) is 2. The van der Waals surface area contributed by atoms with Crippen LogP contribution in [0.4, 0.5) is 0 Å². The molecule has 1 aliphatic rings. The molecule has 11 nitrogen and oxygen atoms in total. The van der Waals surface area contributed by atoms with Crippen LogP contribution in [-0.4, -0.2) is 54.6 Å². The van der Waals surface area contributed by atoms with E-state index in [4.69, 9.17) is 16.3 Å². The first-order valence-electron chi connectivity index (χ1n) is 11.9. The minimum atomic E-state index is -4.28. The lowest BCUT2D eigenvalue weighted by Gasteiger charge is -2.33. The normalized spacial score (nSPS) is 16.4. The van der Waals surface area contributed by atoms with Crippen molar-refractivity contribution in [2.45, 2.75) is 37.4 Å². The molecule has 0 saturated carbocycles. The van der Waals surface area contributed by atoms with Gasteiger partial charge >= 0.3 is 0 Å². The van der Waals surface area contributed by atoms with E-state index in [0.29, 0.717) is 30.1 Å². The standard InChI is InChI=1S/C25H29N7O4S2/c26-23(27)18-15-37-20(30-18)14-29-24(33)19-12-7-13-32(19)25(34)22(31-38(28,35)36)21(16-8-3-1-4-9-16)17-10-5-2-6-11-17/h1-6,8-11,15,19,21-22,31H,7,12-14H2,(H3,26,27)(H,29,33)(H2,28,35,36). The van der Waals surface area contributed by atoms with Gasteiger partial charge in [0.1, 0.15) is 28.6 Å². The Bertz CT molecular complexity index is 1360. The quantitative estimate of drug-likeness (QED) is 0.184. The highest BCUT2D eigenvalue weighted by molar-refractivity contribution is 7.87. The lowest BCUT2D eigenvalue weighted by Crippen LogP contribution is -2.56. The maximum Gasteiger partial charge on any atom is 0.275 e. The number of nitrogens with two attached hydrogens (primary N) is 2. The molecule has 2 heterocycles. The SMILES string of the molecule is N=C(N)c1csc(CNC(=O)C2CCCN2C(=O)C(NS(N)(=O)=O)C(c2ccccc2)c2ccccc2)n1. The van der Waals surface area contributed by atoms with E-state index >= 15 is 0 Å². The fourth-order valence-electron chi connectivity index (χ4n) is 4.61. The largest absolute Gasteiger partial charge is 0.382 e. The molecule has 38 heavy (non-hydrogen) atoms. The molecule has 1 saturated heterocycles. The Hall–Kier alpha value is -3.65. The molecule has 1 fully saturated rings. The summed E-state index contributed by atoms with van der Waals surface area (Å²) in [6.07, 6.45) is 1.01. The number of nitrogen functional groups attached to an aromatic ring is 1. The number of benzene rings is 2. The maximum absolute atomic E-state index is 14.0. The minimum Gasteiger partial charge on any atom is -0.382 e. The van der Waals surface area contributed by atoms with Crippen LogP contribution >= 0.6 is 11.3 Å². The molecular formula is C25H29N7O4S2. The van der Waals surface area contributed by atoms with Gasteiger partial charge in [-0.05, 0) is 24.0 Å². The first kappa shape index (κ1) is 27.4. The summed E-state index contributed by atoms with van der Waals surface area (Å²) in [5.41, 5.74) is 7.23. The molecule has 0 spiro atoms. The number of hydrogen-bond acceptors (Lipinski definition) is 7. The second kappa shape index (κ2) is 11.8. The fraction of sp³-hybridized carbons (Fsp3) is 0.280. The number of thiazole rings is 1. The number of likely N-dealkylation sites (tertiary alicyclic amines) is 1. The van der Waals surface area contributed by atoms with Gasteiger partial charge in [0, 0.05) is 17.8 Å². The Morgan fingerprint density at radius 2 is 1.71 bits per heavy atom. The van der Waals surface area contributed by atoms with Crippen molar-refractivity contribution >= 4 is 39.2 Å². The molecule has 4 rings (SSSR count). The monoisotopic (exact) mass is 555 g/mol. The fourth-order valence-corrected chi connectivity index (χ4v) is 5.94. The van der Waals surface area contributed by atoms with E-state index in [9.17, 15) is 18.0 Å². The van der Waals surface area contributed by atoms with Gasteiger partial charge in [-0.15, -0.1) is 11.3 Å². The van der Waals surface area contributed by atoms with Gasteiger partial charge in [0.2, 0.25) is 11.8 Å². The predicted molar refractivity (Wildman–Crippen MR) is 144 cm³/mol. The van der Waals surface area contributed by atoms with Crippen molar-refractivity contribution in [2.24, 2.45) is 10.9 Å². The van der Waals surface area contributed by atoms with Crippen LogP contribution < -0.4 is 20.9 Å².